The zero-order valence-corrected chi connectivity index (χ0v) is 15.8. The maximum Gasteiger partial charge on any atom is 0.251 e. The maximum atomic E-state index is 12.6. The first kappa shape index (κ1) is 17.7. The molecule has 0 spiro atoms. The van der Waals surface area contributed by atoms with Gasteiger partial charge >= 0.3 is 0 Å². The fraction of sp³-hybridized carbons (Fsp3) is 0.292. The number of carbonyl (C=O) groups excluding carboxylic acids is 1. The molecule has 27 heavy (non-hydrogen) atoms. The number of aryl methyl sites for hydroxylation is 1. The number of rotatable bonds is 4. The Kier molecular flexibility index (Phi) is 5.21. The van der Waals surface area contributed by atoms with Gasteiger partial charge in [-0.05, 0) is 53.8 Å². The van der Waals surface area contributed by atoms with E-state index < -0.39 is 0 Å². The number of amides is 1. The minimum Gasteiger partial charge on any atom is -0.349 e. The third-order valence-electron chi connectivity index (χ3n) is 5.59. The number of nitrogens with one attached hydrogen (secondary N) is 1. The largest absolute Gasteiger partial charge is 0.349 e. The molecular weight excluding hydrogens is 332 g/mol. The van der Waals surface area contributed by atoms with Crippen LogP contribution in [0.5, 0.6) is 0 Å². The first-order valence-electron chi connectivity index (χ1n) is 9.75. The van der Waals surface area contributed by atoms with Crippen molar-refractivity contribution >= 4 is 16.7 Å². The summed E-state index contributed by atoms with van der Waals surface area (Å²) in [4.78, 5) is 15.1. The second-order valence-electron chi connectivity index (χ2n) is 7.51. The molecule has 0 radical (unpaired) electrons. The van der Waals surface area contributed by atoms with E-state index in [1.807, 2.05) is 30.3 Å². The van der Waals surface area contributed by atoms with Crippen LogP contribution in [-0.4, -0.2) is 29.9 Å². The van der Waals surface area contributed by atoms with Crippen LogP contribution in [0.1, 0.15) is 34.3 Å². The lowest BCUT2D eigenvalue weighted by atomic mass is 10.0. The highest BCUT2D eigenvalue weighted by Crippen LogP contribution is 2.18. The lowest BCUT2D eigenvalue weighted by Crippen LogP contribution is -2.44. The molecule has 3 aromatic rings. The predicted molar refractivity (Wildman–Crippen MR) is 111 cm³/mol. The molecule has 1 aliphatic rings. The van der Waals surface area contributed by atoms with Crippen molar-refractivity contribution in [1.29, 1.82) is 0 Å². The van der Waals surface area contributed by atoms with Crippen LogP contribution >= 0.6 is 0 Å². The van der Waals surface area contributed by atoms with Crippen LogP contribution in [0.3, 0.4) is 0 Å². The number of benzene rings is 3. The number of likely N-dealkylation sites (tertiary alicyclic amines) is 1. The van der Waals surface area contributed by atoms with Crippen LogP contribution in [0, 0.1) is 6.92 Å². The van der Waals surface area contributed by atoms with Gasteiger partial charge in [0.05, 0.1) is 0 Å². The highest BCUT2D eigenvalue weighted by Gasteiger charge is 2.21. The molecule has 0 aromatic heterocycles. The normalized spacial score (nSPS) is 15.7. The van der Waals surface area contributed by atoms with Gasteiger partial charge in [-0.3, -0.25) is 9.69 Å². The summed E-state index contributed by atoms with van der Waals surface area (Å²) in [6.45, 7) is 5.22. The monoisotopic (exact) mass is 358 g/mol. The molecule has 4 rings (SSSR count). The Balaban J connectivity index is 1.33. The second kappa shape index (κ2) is 7.93. The van der Waals surface area contributed by atoms with E-state index in [1.165, 1.54) is 16.5 Å². The van der Waals surface area contributed by atoms with Crippen molar-refractivity contribution in [3.63, 3.8) is 0 Å². The molecule has 3 nitrogen and oxygen atoms in total. The van der Waals surface area contributed by atoms with Crippen molar-refractivity contribution in [3.05, 3.63) is 83.4 Å². The quantitative estimate of drug-likeness (QED) is 0.742. The number of fused-ring (bicyclic) bond motifs is 1. The smallest absolute Gasteiger partial charge is 0.251 e. The molecule has 3 aromatic carbocycles. The molecule has 0 saturated carbocycles. The third kappa shape index (κ3) is 4.20. The van der Waals surface area contributed by atoms with E-state index in [1.54, 1.807) is 0 Å². The molecule has 1 amide bonds. The first-order chi connectivity index (χ1) is 13.2. The molecular formula is C24H26N2O. The van der Waals surface area contributed by atoms with Gasteiger partial charge < -0.3 is 5.32 Å². The number of carbonyl (C=O) groups is 1. The first-order valence-corrected chi connectivity index (χ1v) is 9.75. The van der Waals surface area contributed by atoms with E-state index in [0.29, 0.717) is 0 Å². The van der Waals surface area contributed by atoms with Crippen molar-refractivity contribution in [1.82, 2.24) is 10.2 Å². The summed E-state index contributed by atoms with van der Waals surface area (Å²) in [5, 5.41) is 5.50. The standard InChI is InChI=1S/C24H26N2O/c1-18-6-2-3-9-22(18)17-26-14-12-23(13-15-26)25-24(27)21-11-10-19-7-4-5-8-20(19)16-21/h2-11,16,23H,12-15,17H2,1H3,(H,25,27). The molecule has 3 heteroatoms. The fourth-order valence-corrected chi connectivity index (χ4v) is 3.86. The van der Waals surface area contributed by atoms with Gasteiger partial charge in [0.25, 0.3) is 5.91 Å². The SMILES string of the molecule is Cc1ccccc1CN1CCC(NC(=O)c2ccc3ccccc3c2)CC1. The number of hydrogen-bond acceptors (Lipinski definition) is 2. The van der Waals surface area contributed by atoms with Crippen LogP contribution < -0.4 is 5.32 Å². The van der Waals surface area contributed by atoms with Gasteiger partial charge in [0, 0.05) is 31.2 Å². The molecule has 0 unspecified atom stereocenters. The minimum atomic E-state index is 0.0399. The Labute approximate surface area is 161 Å². The van der Waals surface area contributed by atoms with Crippen molar-refractivity contribution < 1.29 is 4.79 Å². The van der Waals surface area contributed by atoms with Gasteiger partial charge in [-0.1, -0.05) is 54.6 Å². The average Bonchev–Trinajstić information content (AvgIpc) is 2.71. The lowest BCUT2D eigenvalue weighted by molar-refractivity contribution is 0.0909. The topological polar surface area (TPSA) is 32.3 Å². The van der Waals surface area contributed by atoms with E-state index in [4.69, 9.17) is 0 Å². The number of hydrogen-bond donors (Lipinski definition) is 1. The van der Waals surface area contributed by atoms with E-state index in [2.05, 4.69) is 53.5 Å². The summed E-state index contributed by atoms with van der Waals surface area (Å²) in [7, 11) is 0. The average molecular weight is 358 g/mol. The highest BCUT2D eigenvalue weighted by atomic mass is 16.1. The summed E-state index contributed by atoms with van der Waals surface area (Å²) in [5.41, 5.74) is 3.50. The van der Waals surface area contributed by atoms with Crippen molar-refractivity contribution in [3.8, 4) is 0 Å². The van der Waals surface area contributed by atoms with Crippen molar-refractivity contribution in [2.75, 3.05) is 13.1 Å². The molecule has 1 fully saturated rings. The Morgan fingerprint density at radius 1 is 0.963 bits per heavy atom. The van der Waals surface area contributed by atoms with Gasteiger partial charge in [0.1, 0.15) is 0 Å². The van der Waals surface area contributed by atoms with E-state index in [0.717, 1.165) is 43.4 Å². The third-order valence-corrected chi connectivity index (χ3v) is 5.59. The zero-order chi connectivity index (χ0) is 18.6. The van der Waals surface area contributed by atoms with E-state index in [-0.39, 0.29) is 11.9 Å². The van der Waals surface area contributed by atoms with Gasteiger partial charge in [-0.2, -0.15) is 0 Å². The summed E-state index contributed by atoms with van der Waals surface area (Å²) in [6, 6.07) is 22.9. The van der Waals surface area contributed by atoms with Crippen LogP contribution in [0.4, 0.5) is 0 Å². The summed E-state index contributed by atoms with van der Waals surface area (Å²) in [5.74, 6) is 0.0399. The molecule has 1 N–H and O–H groups in total. The van der Waals surface area contributed by atoms with Gasteiger partial charge in [0.15, 0.2) is 0 Å². The molecule has 138 valence electrons. The maximum absolute atomic E-state index is 12.6. The van der Waals surface area contributed by atoms with Crippen molar-refractivity contribution in [2.45, 2.75) is 32.4 Å². The number of nitrogens with zero attached hydrogens (tertiary/aromatic N) is 1. The zero-order valence-electron chi connectivity index (χ0n) is 15.8. The Morgan fingerprint density at radius 2 is 1.67 bits per heavy atom. The van der Waals surface area contributed by atoms with Crippen molar-refractivity contribution in [2.24, 2.45) is 0 Å². The number of piperidine rings is 1. The Bertz CT molecular complexity index is 942. The predicted octanol–water partition coefficient (Wildman–Crippen LogP) is 4.54. The summed E-state index contributed by atoms with van der Waals surface area (Å²) < 4.78 is 0. The second-order valence-corrected chi connectivity index (χ2v) is 7.51. The van der Waals surface area contributed by atoms with Crippen LogP contribution in [0.25, 0.3) is 10.8 Å². The van der Waals surface area contributed by atoms with Gasteiger partial charge in [0.2, 0.25) is 0 Å². The van der Waals surface area contributed by atoms with E-state index >= 15 is 0 Å². The summed E-state index contributed by atoms with van der Waals surface area (Å²) in [6.07, 6.45) is 2.01. The highest BCUT2D eigenvalue weighted by molar-refractivity contribution is 5.98. The molecule has 0 atom stereocenters. The molecule has 1 aliphatic heterocycles. The van der Waals surface area contributed by atoms with Gasteiger partial charge in [-0.25, -0.2) is 0 Å². The minimum absolute atomic E-state index is 0.0399. The van der Waals surface area contributed by atoms with Crippen LogP contribution in [-0.2, 0) is 6.54 Å². The van der Waals surface area contributed by atoms with Gasteiger partial charge in [-0.15, -0.1) is 0 Å². The fourth-order valence-electron chi connectivity index (χ4n) is 3.86. The Hall–Kier alpha value is -2.65. The Morgan fingerprint density at radius 3 is 2.44 bits per heavy atom. The molecule has 1 heterocycles. The molecule has 0 aliphatic carbocycles. The molecule has 1 saturated heterocycles. The van der Waals surface area contributed by atoms with E-state index in [9.17, 15) is 4.79 Å². The lowest BCUT2D eigenvalue weighted by Gasteiger charge is -2.32. The molecule has 0 bridgehead atoms. The summed E-state index contributed by atoms with van der Waals surface area (Å²) >= 11 is 0. The van der Waals surface area contributed by atoms with Crippen LogP contribution in [0.2, 0.25) is 0 Å². The van der Waals surface area contributed by atoms with Crippen LogP contribution in [0.15, 0.2) is 66.7 Å².